The number of benzene rings is 1. The Morgan fingerprint density at radius 3 is 2.31 bits per heavy atom. The average molecular weight is 445 g/mol. The molecule has 1 aromatic rings. The van der Waals surface area contributed by atoms with Gasteiger partial charge in [-0.05, 0) is 75.0 Å². The summed E-state index contributed by atoms with van der Waals surface area (Å²) in [5, 5.41) is 19.4. The Balaban J connectivity index is 2.59. The first-order chi connectivity index (χ1) is 15.0. The Bertz CT molecular complexity index is 811. The van der Waals surface area contributed by atoms with Gasteiger partial charge in [0.2, 0.25) is 0 Å². The fourth-order valence-corrected chi connectivity index (χ4v) is 4.80. The number of aryl methyl sites for hydroxylation is 2. The molecule has 2 atom stereocenters. The summed E-state index contributed by atoms with van der Waals surface area (Å²) < 4.78 is 5.98. The molecule has 2 rings (SSSR count). The second-order valence-electron chi connectivity index (χ2n) is 11.1. The van der Waals surface area contributed by atoms with E-state index in [-0.39, 0.29) is 11.3 Å². The summed E-state index contributed by atoms with van der Waals surface area (Å²) in [5.41, 5.74) is 3.53. The van der Waals surface area contributed by atoms with Crippen molar-refractivity contribution in [2.75, 3.05) is 13.2 Å². The minimum absolute atomic E-state index is 0.111. The predicted octanol–water partition coefficient (Wildman–Crippen LogP) is 6.11. The lowest BCUT2D eigenvalue weighted by Crippen LogP contribution is -2.39. The molecule has 0 radical (unpaired) electrons. The van der Waals surface area contributed by atoms with Crippen molar-refractivity contribution >= 4 is 5.97 Å². The van der Waals surface area contributed by atoms with Gasteiger partial charge in [-0.1, -0.05) is 58.3 Å². The minimum Gasteiger partial charge on any atom is -0.426 e. The molecule has 0 unspecified atom stereocenters. The number of carbonyl (C=O) groups excluding carboxylic acids is 1. The van der Waals surface area contributed by atoms with Gasteiger partial charge in [-0.3, -0.25) is 4.79 Å². The van der Waals surface area contributed by atoms with Crippen molar-refractivity contribution in [3.63, 3.8) is 0 Å². The molecule has 1 aliphatic rings. The molecule has 1 aromatic carbocycles. The molecular weight excluding hydrogens is 400 g/mol. The van der Waals surface area contributed by atoms with Gasteiger partial charge in [0, 0.05) is 11.5 Å². The maximum Gasteiger partial charge on any atom is 0.321 e. The van der Waals surface area contributed by atoms with Crippen LogP contribution in [0.15, 0.2) is 23.8 Å². The maximum atomic E-state index is 13.0. The molecule has 0 aliphatic heterocycles. The molecule has 0 heterocycles. The molecule has 4 heteroatoms. The third-order valence-corrected chi connectivity index (χ3v) is 7.06. The normalized spacial score (nSPS) is 19.6. The van der Waals surface area contributed by atoms with E-state index in [0.29, 0.717) is 11.7 Å². The Morgan fingerprint density at radius 2 is 1.75 bits per heavy atom. The van der Waals surface area contributed by atoms with Crippen molar-refractivity contribution in [3.8, 4) is 5.75 Å². The van der Waals surface area contributed by atoms with Crippen LogP contribution in [-0.2, 0) is 11.2 Å². The largest absolute Gasteiger partial charge is 0.426 e. The molecule has 0 saturated carbocycles. The lowest BCUT2D eigenvalue weighted by atomic mass is 9.65. The quantitative estimate of drug-likeness (QED) is 0.209. The molecular formula is C28H44O4. The Labute approximate surface area is 195 Å². The van der Waals surface area contributed by atoms with Gasteiger partial charge in [0.25, 0.3) is 0 Å². The molecule has 0 saturated heterocycles. The Morgan fingerprint density at radius 1 is 1.09 bits per heavy atom. The molecule has 1 aliphatic carbocycles. The van der Waals surface area contributed by atoms with Crippen molar-refractivity contribution in [2.24, 2.45) is 16.7 Å². The molecule has 2 N–H and O–H groups in total. The summed E-state index contributed by atoms with van der Waals surface area (Å²) in [6, 6.07) is 4.26. The molecule has 0 bridgehead atoms. The lowest BCUT2D eigenvalue weighted by molar-refractivity contribution is -0.150. The second kappa shape index (κ2) is 11.0. The van der Waals surface area contributed by atoms with Gasteiger partial charge in [-0.15, -0.1) is 0 Å². The number of aliphatic hydroxyl groups excluding tert-OH is 2. The first-order valence-electron chi connectivity index (χ1n) is 12.2. The first kappa shape index (κ1) is 26.6. The number of hydrogen-bond donors (Lipinski definition) is 2. The van der Waals surface area contributed by atoms with Crippen LogP contribution in [0.1, 0.15) is 96.3 Å². The SMILES string of the molecule is CCCCCc1cc(C)c([C@@H]2C=C(C)CC[C@H]2C(C)(C)C)c(OC(=O)C(C)(CO)CO)c1. The number of ether oxygens (including phenoxy) is 1. The summed E-state index contributed by atoms with van der Waals surface area (Å²) in [7, 11) is 0. The number of aliphatic hydroxyl groups is 2. The summed E-state index contributed by atoms with van der Waals surface area (Å²) >= 11 is 0. The van der Waals surface area contributed by atoms with Gasteiger partial charge in [0.15, 0.2) is 0 Å². The second-order valence-corrected chi connectivity index (χ2v) is 11.1. The number of allylic oxidation sites excluding steroid dienone is 2. The summed E-state index contributed by atoms with van der Waals surface area (Å²) in [6.45, 7) is 14.0. The maximum absolute atomic E-state index is 13.0. The number of rotatable bonds is 9. The van der Waals surface area contributed by atoms with Gasteiger partial charge < -0.3 is 14.9 Å². The van der Waals surface area contributed by atoms with Gasteiger partial charge in [0.1, 0.15) is 11.2 Å². The fourth-order valence-electron chi connectivity index (χ4n) is 4.80. The van der Waals surface area contributed by atoms with Crippen LogP contribution in [0.4, 0.5) is 0 Å². The van der Waals surface area contributed by atoms with Crippen molar-refractivity contribution in [2.45, 2.75) is 92.9 Å². The minimum atomic E-state index is -1.33. The van der Waals surface area contributed by atoms with E-state index >= 15 is 0 Å². The van der Waals surface area contributed by atoms with Crippen molar-refractivity contribution in [3.05, 3.63) is 40.5 Å². The van der Waals surface area contributed by atoms with Crippen LogP contribution in [0.2, 0.25) is 0 Å². The van der Waals surface area contributed by atoms with E-state index in [1.807, 2.05) is 6.07 Å². The number of esters is 1. The van der Waals surface area contributed by atoms with Crippen LogP contribution in [0.25, 0.3) is 0 Å². The monoisotopic (exact) mass is 444 g/mol. The van der Waals surface area contributed by atoms with Gasteiger partial charge in [-0.2, -0.15) is 0 Å². The van der Waals surface area contributed by atoms with Gasteiger partial charge >= 0.3 is 5.97 Å². The van der Waals surface area contributed by atoms with E-state index in [0.717, 1.165) is 43.2 Å². The predicted molar refractivity (Wildman–Crippen MR) is 131 cm³/mol. The number of unbranched alkanes of at least 4 members (excludes halogenated alkanes) is 2. The molecule has 32 heavy (non-hydrogen) atoms. The van der Waals surface area contributed by atoms with E-state index in [1.165, 1.54) is 24.5 Å². The summed E-state index contributed by atoms with van der Waals surface area (Å²) in [6.07, 6.45) is 8.91. The molecule has 4 nitrogen and oxygen atoms in total. The molecule has 0 spiro atoms. The van der Waals surface area contributed by atoms with E-state index in [2.05, 4.69) is 53.7 Å². The topological polar surface area (TPSA) is 66.8 Å². The zero-order valence-electron chi connectivity index (χ0n) is 21.3. The van der Waals surface area contributed by atoms with Gasteiger partial charge in [0.05, 0.1) is 13.2 Å². The van der Waals surface area contributed by atoms with Crippen LogP contribution < -0.4 is 4.74 Å². The van der Waals surface area contributed by atoms with Crippen LogP contribution in [0.5, 0.6) is 5.75 Å². The summed E-state index contributed by atoms with van der Waals surface area (Å²) in [4.78, 5) is 13.0. The smallest absolute Gasteiger partial charge is 0.321 e. The average Bonchev–Trinajstić information content (AvgIpc) is 2.72. The summed E-state index contributed by atoms with van der Waals surface area (Å²) in [5.74, 6) is 0.582. The fraction of sp³-hybridized carbons (Fsp3) is 0.679. The van der Waals surface area contributed by atoms with Crippen LogP contribution in [0.3, 0.4) is 0 Å². The highest BCUT2D eigenvalue weighted by atomic mass is 16.5. The molecule has 0 amide bonds. The molecule has 180 valence electrons. The highest BCUT2D eigenvalue weighted by molar-refractivity contribution is 5.79. The van der Waals surface area contributed by atoms with E-state index in [9.17, 15) is 15.0 Å². The number of hydrogen-bond acceptors (Lipinski definition) is 4. The van der Waals surface area contributed by atoms with Crippen molar-refractivity contribution in [1.82, 2.24) is 0 Å². The Kier molecular flexibility index (Phi) is 9.13. The van der Waals surface area contributed by atoms with E-state index in [1.54, 1.807) is 0 Å². The van der Waals surface area contributed by atoms with Crippen molar-refractivity contribution in [1.29, 1.82) is 0 Å². The lowest BCUT2D eigenvalue weighted by Gasteiger charge is -2.40. The zero-order chi connectivity index (χ0) is 24.1. The zero-order valence-corrected chi connectivity index (χ0v) is 21.3. The third-order valence-electron chi connectivity index (χ3n) is 7.06. The molecule has 0 fully saturated rings. The van der Waals surface area contributed by atoms with E-state index < -0.39 is 24.6 Å². The van der Waals surface area contributed by atoms with Crippen LogP contribution >= 0.6 is 0 Å². The van der Waals surface area contributed by atoms with Crippen LogP contribution in [0, 0.1) is 23.7 Å². The van der Waals surface area contributed by atoms with Gasteiger partial charge in [-0.25, -0.2) is 0 Å². The highest BCUT2D eigenvalue weighted by Crippen LogP contribution is 2.49. The van der Waals surface area contributed by atoms with E-state index in [4.69, 9.17) is 4.74 Å². The standard InChI is InChI=1S/C28H44O4/c1-8-9-10-11-21-15-20(3)25(22-14-19(2)12-13-23(22)27(4,5)6)24(16-21)32-26(31)28(7,17-29)18-30/h14-16,22-23,29-30H,8-13,17-18H2,1-7H3/t22-,23-/m1/s1. The molecule has 0 aromatic heterocycles. The number of carbonyl (C=O) groups is 1. The first-order valence-corrected chi connectivity index (χ1v) is 12.2. The highest BCUT2D eigenvalue weighted by Gasteiger charge is 2.38. The van der Waals surface area contributed by atoms with Crippen molar-refractivity contribution < 1.29 is 19.7 Å². The van der Waals surface area contributed by atoms with Crippen LogP contribution in [-0.4, -0.2) is 29.4 Å². The Hall–Kier alpha value is -1.65. The third kappa shape index (κ3) is 6.23.